The van der Waals surface area contributed by atoms with Gasteiger partial charge in [0.1, 0.15) is 11.6 Å². The van der Waals surface area contributed by atoms with E-state index in [1.54, 1.807) is 24.3 Å². The topological polar surface area (TPSA) is 76.4 Å². The minimum Gasteiger partial charge on any atom is -0.495 e. The summed E-state index contributed by atoms with van der Waals surface area (Å²) >= 11 is 0. The molecule has 0 radical (unpaired) electrons. The molecule has 0 heterocycles. The Morgan fingerprint density at radius 2 is 1.85 bits per heavy atom. The average Bonchev–Trinajstić information content (AvgIpc) is 2.42. The number of rotatable bonds is 3. The normalized spacial score (nSPS) is 9.90. The van der Waals surface area contributed by atoms with E-state index in [0.29, 0.717) is 11.4 Å². The molecule has 2 amide bonds. The lowest BCUT2D eigenvalue weighted by molar-refractivity contribution is 0.262. The van der Waals surface area contributed by atoms with Gasteiger partial charge in [0.25, 0.3) is 0 Å². The predicted molar refractivity (Wildman–Crippen MR) is 76.4 cm³/mol. The quantitative estimate of drug-likeness (QED) is 0.753. The second kappa shape index (κ2) is 5.92. The van der Waals surface area contributed by atoms with E-state index in [4.69, 9.17) is 10.5 Å². The fraction of sp³-hybridized carbons (Fsp3) is 0.0714. The van der Waals surface area contributed by atoms with Gasteiger partial charge in [0.2, 0.25) is 0 Å². The summed E-state index contributed by atoms with van der Waals surface area (Å²) in [6.07, 6.45) is 0. The van der Waals surface area contributed by atoms with Crippen LogP contribution in [-0.2, 0) is 0 Å². The van der Waals surface area contributed by atoms with Crippen molar-refractivity contribution in [3.8, 4) is 5.75 Å². The van der Waals surface area contributed by atoms with Gasteiger partial charge >= 0.3 is 6.03 Å². The summed E-state index contributed by atoms with van der Waals surface area (Å²) in [7, 11) is 1.50. The molecule has 0 saturated heterocycles. The highest BCUT2D eigenvalue weighted by molar-refractivity contribution is 6.00. The summed E-state index contributed by atoms with van der Waals surface area (Å²) < 4.78 is 18.7. The zero-order valence-electron chi connectivity index (χ0n) is 10.8. The molecule has 2 aromatic rings. The Morgan fingerprint density at radius 1 is 1.15 bits per heavy atom. The third-order valence-corrected chi connectivity index (χ3v) is 2.60. The zero-order valence-corrected chi connectivity index (χ0v) is 10.8. The minimum atomic E-state index is -0.597. The highest BCUT2D eigenvalue weighted by Crippen LogP contribution is 2.23. The maximum Gasteiger partial charge on any atom is 0.323 e. The van der Waals surface area contributed by atoms with Crippen LogP contribution in [0.2, 0.25) is 0 Å². The lowest BCUT2D eigenvalue weighted by atomic mass is 10.2. The first-order chi connectivity index (χ1) is 9.60. The van der Waals surface area contributed by atoms with Crippen LogP contribution in [0.5, 0.6) is 5.75 Å². The van der Waals surface area contributed by atoms with Crippen LogP contribution >= 0.6 is 0 Å². The summed E-state index contributed by atoms with van der Waals surface area (Å²) in [4.78, 5) is 11.8. The largest absolute Gasteiger partial charge is 0.495 e. The summed E-state index contributed by atoms with van der Waals surface area (Å²) in [5.41, 5.74) is 6.26. The number of methoxy groups -OCH3 is 1. The van der Waals surface area contributed by atoms with E-state index >= 15 is 0 Å². The number of halogens is 1. The molecule has 0 aliphatic carbocycles. The van der Waals surface area contributed by atoms with Crippen LogP contribution in [0.1, 0.15) is 0 Å². The van der Waals surface area contributed by atoms with Gasteiger partial charge in [0.05, 0.1) is 18.5 Å². The Labute approximate surface area is 115 Å². The van der Waals surface area contributed by atoms with Crippen LogP contribution in [0.15, 0.2) is 42.5 Å². The van der Waals surface area contributed by atoms with Gasteiger partial charge in [-0.05, 0) is 30.3 Å². The number of anilines is 3. The molecule has 20 heavy (non-hydrogen) atoms. The monoisotopic (exact) mass is 275 g/mol. The van der Waals surface area contributed by atoms with Gasteiger partial charge in [-0.3, -0.25) is 0 Å². The van der Waals surface area contributed by atoms with Gasteiger partial charge < -0.3 is 21.1 Å². The fourth-order valence-corrected chi connectivity index (χ4v) is 1.66. The smallest absolute Gasteiger partial charge is 0.323 e. The van der Waals surface area contributed by atoms with Crippen LogP contribution in [-0.4, -0.2) is 13.1 Å². The van der Waals surface area contributed by atoms with Crippen molar-refractivity contribution >= 4 is 23.1 Å². The van der Waals surface area contributed by atoms with E-state index < -0.39 is 11.8 Å². The van der Waals surface area contributed by atoms with Crippen molar-refractivity contribution in [1.82, 2.24) is 0 Å². The van der Waals surface area contributed by atoms with E-state index in [1.807, 2.05) is 0 Å². The van der Waals surface area contributed by atoms with E-state index in [-0.39, 0.29) is 11.4 Å². The van der Waals surface area contributed by atoms with Gasteiger partial charge in [-0.1, -0.05) is 12.1 Å². The third-order valence-electron chi connectivity index (χ3n) is 2.60. The number of para-hydroxylation sites is 2. The Balaban J connectivity index is 2.09. The molecule has 0 atom stereocenters. The van der Waals surface area contributed by atoms with Gasteiger partial charge in [-0.25, -0.2) is 9.18 Å². The number of urea groups is 1. The van der Waals surface area contributed by atoms with Crippen LogP contribution < -0.4 is 21.1 Å². The van der Waals surface area contributed by atoms with E-state index in [9.17, 15) is 9.18 Å². The minimum absolute atomic E-state index is 0.0478. The first-order valence-corrected chi connectivity index (χ1v) is 5.86. The number of hydrogen-bond acceptors (Lipinski definition) is 3. The Kier molecular flexibility index (Phi) is 4.05. The van der Waals surface area contributed by atoms with Crippen molar-refractivity contribution in [3.63, 3.8) is 0 Å². The number of nitrogen functional groups attached to an aromatic ring is 1. The van der Waals surface area contributed by atoms with E-state index in [1.165, 1.54) is 19.2 Å². The number of ether oxygens (including phenoxy) is 1. The third kappa shape index (κ3) is 3.17. The number of carbonyl (C=O) groups is 1. The summed E-state index contributed by atoms with van der Waals surface area (Å²) in [6.45, 7) is 0. The number of benzene rings is 2. The molecule has 5 nitrogen and oxygen atoms in total. The number of hydrogen-bond donors (Lipinski definition) is 3. The van der Waals surface area contributed by atoms with Crippen LogP contribution in [0.25, 0.3) is 0 Å². The molecule has 104 valence electrons. The molecule has 0 aliphatic rings. The van der Waals surface area contributed by atoms with Crippen LogP contribution in [0.3, 0.4) is 0 Å². The van der Waals surface area contributed by atoms with Crippen molar-refractivity contribution < 1.29 is 13.9 Å². The van der Waals surface area contributed by atoms with Gasteiger partial charge in [0, 0.05) is 5.69 Å². The number of amides is 2. The molecular formula is C14H14FN3O2. The standard InChI is InChI=1S/C14H14FN3O2/c1-20-13-5-3-2-4-12(13)18-14(19)17-11-7-6-9(16)8-10(11)15/h2-8H,16H2,1H3,(H2,17,18,19). The van der Waals surface area contributed by atoms with Gasteiger partial charge in [-0.15, -0.1) is 0 Å². The summed E-state index contributed by atoms with van der Waals surface area (Å²) in [5.74, 6) is -0.0828. The number of carbonyl (C=O) groups excluding carboxylic acids is 1. The molecule has 0 saturated carbocycles. The van der Waals surface area contributed by atoms with E-state index in [2.05, 4.69) is 10.6 Å². The molecule has 0 unspecified atom stereocenters. The van der Waals surface area contributed by atoms with Crippen molar-refractivity contribution in [1.29, 1.82) is 0 Å². The van der Waals surface area contributed by atoms with E-state index in [0.717, 1.165) is 6.07 Å². The Hall–Kier alpha value is -2.76. The molecule has 0 aromatic heterocycles. The molecule has 4 N–H and O–H groups in total. The summed E-state index contributed by atoms with van der Waals surface area (Å²) in [5, 5.41) is 4.98. The lowest BCUT2D eigenvalue weighted by Crippen LogP contribution is -2.20. The molecule has 2 rings (SSSR count). The molecule has 0 aliphatic heterocycles. The second-order valence-corrected chi connectivity index (χ2v) is 4.02. The SMILES string of the molecule is COc1ccccc1NC(=O)Nc1ccc(N)cc1F. The Bertz CT molecular complexity index is 632. The van der Waals surface area contributed by atoms with Gasteiger partial charge in [-0.2, -0.15) is 0 Å². The Morgan fingerprint density at radius 3 is 2.55 bits per heavy atom. The first kappa shape index (κ1) is 13.7. The first-order valence-electron chi connectivity index (χ1n) is 5.86. The number of nitrogens with one attached hydrogen (secondary N) is 2. The summed E-state index contributed by atoms with van der Waals surface area (Å²) in [6, 6.07) is 10.4. The van der Waals surface area contributed by atoms with Crippen molar-refractivity contribution in [3.05, 3.63) is 48.3 Å². The van der Waals surface area contributed by atoms with Crippen LogP contribution in [0, 0.1) is 5.82 Å². The van der Waals surface area contributed by atoms with Crippen molar-refractivity contribution in [2.45, 2.75) is 0 Å². The number of nitrogens with two attached hydrogens (primary N) is 1. The lowest BCUT2D eigenvalue weighted by Gasteiger charge is -2.11. The zero-order chi connectivity index (χ0) is 14.5. The van der Waals surface area contributed by atoms with Crippen LogP contribution in [0.4, 0.5) is 26.2 Å². The average molecular weight is 275 g/mol. The maximum absolute atomic E-state index is 13.5. The van der Waals surface area contributed by atoms with Gasteiger partial charge in [0.15, 0.2) is 0 Å². The van der Waals surface area contributed by atoms with Crippen molar-refractivity contribution in [2.75, 3.05) is 23.5 Å². The fourth-order valence-electron chi connectivity index (χ4n) is 1.66. The molecule has 2 aromatic carbocycles. The molecule has 0 spiro atoms. The maximum atomic E-state index is 13.5. The second-order valence-electron chi connectivity index (χ2n) is 4.02. The molecular weight excluding hydrogens is 261 g/mol. The van der Waals surface area contributed by atoms with Crippen molar-refractivity contribution in [2.24, 2.45) is 0 Å². The highest BCUT2D eigenvalue weighted by atomic mass is 19.1. The molecule has 0 bridgehead atoms. The predicted octanol–water partition coefficient (Wildman–Crippen LogP) is 3.06. The highest BCUT2D eigenvalue weighted by Gasteiger charge is 2.09. The molecule has 0 fully saturated rings. The molecule has 6 heteroatoms.